The second kappa shape index (κ2) is 4.99. The molecule has 1 aromatic rings. The molecule has 0 unspecified atom stereocenters. The molecule has 1 fully saturated rings. The molecular weight excluding hydrogens is 243 g/mol. The number of nitrogens with zero attached hydrogens (tertiary/aromatic N) is 2. The summed E-state index contributed by atoms with van der Waals surface area (Å²) in [6.45, 7) is 0.913. The third-order valence-corrected chi connectivity index (χ3v) is 2.76. The number of carbonyl (C=O) groups excluding carboxylic acids is 1. The summed E-state index contributed by atoms with van der Waals surface area (Å²) in [5, 5.41) is 10.6. The molecule has 1 saturated heterocycles. The zero-order chi connectivity index (χ0) is 13.1. The second-order valence-electron chi connectivity index (χ2n) is 3.98. The molecule has 1 amide bonds. The van der Waals surface area contributed by atoms with Crippen LogP contribution in [-0.4, -0.2) is 35.4 Å². The number of halogens is 1. The van der Waals surface area contributed by atoms with Crippen molar-refractivity contribution in [1.29, 1.82) is 0 Å². The van der Waals surface area contributed by atoms with Gasteiger partial charge in [-0.2, -0.15) is 4.39 Å². The van der Waals surface area contributed by atoms with Crippen molar-refractivity contribution in [3.05, 3.63) is 34.1 Å². The van der Waals surface area contributed by atoms with Gasteiger partial charge in [-0.05, 0) is 6.07 Å². The van der Waals surface area contributed by atoms with Gasteiger partial charge in [0.2, 0.25) is 12.2 Å². The quantitative estimate of drug-likeness (QED) is 0.462. The van der Waals surface area contributed by atoms with E-state index in [1.807, 2.05) is 0 Å². The number of hydrogen-bond acceptors (Lipinski definition) is 4. The Morgan fingerprint density at radius 1 is 1.56 bits per heavy atom. The highest BCUT2D eigenvalue weighted by Crippen LogP contribution is 2.28. The van der Waals surface area contributed by atoms with Crippen LogP contribution in [0.15, 0.2) is 18.2 Å². The second-order valence-corrected chi connectivity index (χ2v) is 3.98. The largest absolute Gasteiger partial charge is 0.485 e. The molecule has 0 saturated carbocycles. The van der Waals surface area contributed by atoms with E-state index in [4.69, 9.17) is 4.74 Å². The zero-order valence-electron chi connectivity index (χ0n) is 9.41. The highest BCUT2D eigenvalue weighted by Gasteiger charge is 2.26. The van der Waals surface area contributed by atoms with Gasteiger partial charge in [0, 0.05) is 19.0 Å². The summed E-state index contributed by atoms with van der Waals surface area (Å²) in [4.78, 5) is 21.8. The van der Waals surface area contributed by atoms with E-state index in [1.165, 1.54) is 17.0 Å². The number of rotatable bonds is 4. The minimum Gasteiger partial charge on any atom is -0.485 e. The SMILES string of the molecule is O=CN1CC[C@H](Oc2cccc([N+](=O)[O-])c2F)C1. The van der Waals surface area contributed by atoms with Gasteiger partial charge in [0.05, 0.1) is 11.5 Å². The maximum absolute atomic E-state index is 13.7. The molecule has 18 heavy (non-hydrogen) atoms. The smallest absolute Gasteiger partial charge is 0.308 e. The van der Waals surface area contributed by atoms with Gasteiger partial charge in [0.25, 0.3) is 0 Å². The lowest BCUT2D eigenvalue weighted by Crippen LogP contribution is -2.23. The van der Waals surface area contributed by atoms with E-state index < -0.39 is 16.4 Å². The third kappa shape index (κ3) is 2.39. The Morgan fingerprint density at radius 2 is 2.33 bits per heavy atom. The molecule has 0 aliphatic carbocycles. The van der Waals surface area contributed by atoms with Crippen LogP contribution < -0.4 is 4.74 Å². The van der Waals surface area contributed by atoms with E-state index in [0.29, 0.717) is 25.9 Å². The van der Waals surface area contributed by atoms with Crippen LogP contribution in [0.3, 0.4) is 0 Å². The average molecular weight is 254 g/mol. The molecule has 7 heteroatoms. The fraction of sp³-hybridized carbons (Fsp3) is 0.364. The van der Waals surface area contributed by atoms with Crippen molar-refractivity contribution in [2.24, 2.45) is 0 Å². The Balaban J connectivity index is 2.13. The van der Waals surface area contributed by atoms with Crippen LogP contribution in [0.4, 0.5) is 10.1 Å². The van der Waals surface area contributed by atoms with E-state index in [-0.39, 0.29) is 11.9 Å². The molecule has 1 aliphatic rings. The van der Waals surface area contributed by atoms with Crippen molar-refractivity contribution < 1.29 is 18.8 Å². The van der Waals surface area contributed by atoms with Crippen molar-refractivity contribution in [3.63, 3.8) is 0 Å². The minimum atomic E-state index is -0.980. The molecule has 0 radical (unpaired) electrons. The van der Waals surface area contributed by atoms with Crippen LogP contribution in [0, 0.1) is 15.9 Å². The van der Waals surface area contributed by atoms with Crippen LogP contribution in [0.1, 0.15) is 6.42 Å². The van der Waals surface area contributed by atoms with Crippen LogP contribution in [0.2, 0.25) is 0 Å². The Labute approximate surface area is 102 Å². The van der Waals surface area contributed by atoms with Crippen LogP contribution in [0.5, 0.6) is 5.75 Å². The number of carbonyl (C=O) groups is 1. The van der Waals surface area contributed by atoms with Gasteiger partial charge in [-0.25, -0.2) is 0 Å². The molecule has 1 heterocycles. The van der Waals surface area contributed by atoms with E-state index in [2.05, 4.69) is 0 Å². The number of nitro benzene ring substituents is 1. The first-order chi connectivity index (χ1) is 8.61. The number of hydrogen-bond donors (Lipinski definition) is 0. The maximum atomic E-state index is 13.7. The summed E-state index contributed by atoms with van der Waals surface area (Å²) in [5.41, 5.74) is -0.613. The summed E-state index contributed by atoms with van der Waals surface area (Å²) < 4.78 is 19.1. The molecule has 0 N–H and O–H groups in total. The maximum Gasteiger partial charge on any atom is 0.308 e. The van der Waals surface area contributed by atoms with Crippen molar-refractivity contribution in [2.45, 2.75) is 12.5 Å². The minimum absolute atomic E-state index is 0.151. The molecule has 0 aromatic heterocycles. The van der Waals surface area contributed by atoms with Gasteiger partial charge in [-0.15, -0.1) is 0 Å². The molecule has 2 rings (SSSR count). The molecule has 0 spiro atoms. The number of nitro groups is 1. The van der Waals surface area contributed by atoms with Gasteiger partial charge in [-0.3, -0.25) is 14.9 Å². The summed E-state index contributed by atoms with van der Waals surface area (Å²) >= 11 is 0. The summed E-state index contributed by atoms with van der Waals surface area (Å²) in [6.07, 6.45) is 0.959. The van der Waals surface area contributed by atoms with Gasteiger partial charge in [0.1, 0.15) is 6.10 Å². The first kappa shape index (κ1) is 12.3. The summed E-state index contributed by atoms with van der Waals surface area (Å²) in [5.74, 6) is -1.13. The lowest BCUT2D eigenvalue weighted by molar-refractivity contribution is -0.387. The Morgan fingerprint density at radius 3 is 2.94 bits per heavy atom. The van der Waals surface area contributed by atoms with Crippen molar-refractivity contribution >= 4 is 12.1 Å². The Hall–Kier alpha value is -2.18. The molecule has 1 atom stereocenters. The molecule has 0 bridgehead atoms. The molecule has 6 nitrogen and oxygen atoms in total. The monoisotopic (exact) mass is 254 g/mol. The fourth-order valence-corrected chi connectivity index (χ4v) is 1.86. The number of likely N-dealkylation sites (tertiary alicyclic amines) is 1. The lowest BCUT2D eigenvalue weighted by Gasteiger charge is -2.14. The predicted octanol–water partition coefficient (Wildman–Crippen LogP) is 1.34. The van der Waals surface area contributed by atoms with Crippen LogP contribution in [0.25, 0.3) is 0 Å². The van der Waals surface area contributed by atoms with Gasteiger partial charge in [-0.1, -0.05) is 6.07 Å². The predicted molar refractivity (Wildman–Crippen MR) is 59.7 cm³/mol. The first-order valence-electron chi connectivity index (χ1n) is 5.40. The molecular formula is C11H11FN2O4. The van der Waals surface area contributed by atoms with Gasteiger partial charge < -0.3 is 9.64 Å². The van der Waals surface area contributed by atoms with Gasteiger partial charge >= 0.3 is 5.69 Å². The van der Waals surface area contributed by atoms with E-state index in [1.54, 1.807) is 0 Å². The molecule has 1 aromatic carbocycles. The highest BCUT2D eigenvalue weighted by molar-refractivity contribution is 5.47. The van der Waals surface area contributed by atoms with Crippen molar-refractivity contribution in [2.75, 3.05) is 13.1 Å². The van der Waals surface area contributed by atoms with Crippen molar-refractivity contribution in [3.8, 4) is 5.75 Å². The topological polar surface area (TPSA) is 72.7 Å². The average Bonchev–Trinajstić information content (AvgIpc) is 2.79. The van der Waals surface area contributed by atoms with E-state index in [9.17, 15) is 19.3 Å². The highest BCUT2D eigenvalue weighted by atomic mass is 19.1. The van der Waals surface area contributed by atoms with Crippen LogP contribution in [-0.2, 0) is 4.79 Å². The molecule has 1 aliphatic heterocycles. The molecule has 96 valence electrons. The Kier molecular flexibility index (Phi) is 3.40. The number of amides is 1. The van der Waals surface area contributed by atoms with E-state index in [0.717, 1.165) is 6.07 Å². The Bertz CT molecular complexity index is 480. The summed E-state index contributed by atoms with van der Waals surface area (Å²) in [6, 6.07) is 3.78. The first-order valence-corrected chi connectivity index (χ1v) is 5.40. The van der Waals surface area contributed by atoms with E-state index >= 15 is 0 Å². The van der Waals surface area contributed by atoms with Gasteiger partial charge in [0.15, 0.2) is 5.75 Å². The van der Waals surface area contributed by atoms with Crippen molar-refractivity contribution in [1.82, 2.24) is 4.90 Å². The number of benzene rings is 1. The van der Waals surface area contributed by atoms with Crippen LogP contribution >= 0.6 is 0 Å². The fourth-order valence-electron chi connectivity index (χ4n) is 1.86. The normalized spacial score (nSPS) is 18.7. The zero-order valence-corrected chi connectivity index (χ0v) is 9.41. The standard InChI is InChI=1S/C11H11FN2O4/c12-11-9(14(16)17)2-1-3-10(11)18-8-4-5-13(6-8)7-15/h1-3,7-8H,4-6H2/t8-/m0/s1. The summed E-state index contributed by atoms with van der Waals surface area (Å²) in [7, 11) is 0. The lowest BCUT2D eigenvalue weighted by atomic mass is 10.2. The third-order valence-electron chi connectivity index (χ3n) is 2.76. The number of ether oxygens (including phenoxy) is 1.